The molecule has 3 rings (SSSR count). The molecule has 0 aromatic heterocycles. The molecule has 0 bridgehead atoms. The van der Waals surface area contributed by atoms with Gasteiger partial charge < -0.3 is 28.8 Å². The molecule has 1 aromatic rings. The molecule has 2 aliphatic rings. The number of hydrogen-bond acceptors (Lipinski definition) is 8. The fourth-order valence-corrected chi connectivity index (χ4v) is 3.68. The summed E-state index contributed by atoms with van der Waals surface area (Å²) in [6, 6.07) is 9.41. The van der Waals surface area contributed by atoms with Gasteiger partial charge in [0, 0.05) is 30.6 Å². The van der Waals surface area contributed by atoms with E-state index in [4.69, 9.17) is 29.2 Å². The van der Waals surface area contributed by atoms with E-state index < -0.39 is 43.0 Å². The van der Waals surface area contributed by atoms with Crippen molar-refractivity contribution in [3.05, 3.63) is 46.3 Å². The van der Waals surface area contributed by atoms with Crippen molar-refractivity contribution in [2.24, 2.45) is 5.11 Å². The van der Waals surface area contributed by atoms with E-state index in [-0.39, 0.29) is 6.61 Å². The highest BCUT2D eigenvalue weighted by Crippen LogP contribution is 2.35. The summed E-state index contributed by atoms with van der Waals surface area (Å²) >= 11 is 0. The number of unbranched alkanes of at least 4 members (excludes halogenated alkanes) is 3. The van der Waals surface area contributed by atoms with Gasteiger partial charge in [0.1, 0.15) is 18.3 Å². The first-order valence-electron chi connectivity index (χ1n) is 10.6. The second-order valence-corrected chi connectivity index (χ2v) is 7.52. The fraction of sp³-hybridized carbons (Fsp3) is 0.667. The highest BCUT2D eigenvalue weighted by Gasteiger charge is 2.51. The van der Waals surface area contributed by atoms with Crippen LogP contribution in [0.15, 0.2) is 35.4 Å². The van der Waals surface area contributed by atoms with Gasteiger partial charge in [-0.1, -0.05) is 48.3 Å². The first-order valence-corrected chi connectivity index (χ1v) is 10.6. The molecule has 6 atom stereocenters. The predicted octanol–water partition coefficient (Wildman–Crippen LogP) is 3.01. The number of azide groups is 1. The van der Waals surface area contributed by atoms with E-state index in [0.29, 0.717) is 13.2 Å². The van der Waals surface area contributed by atoms with Gasteiger partial charge in [-0.05, 0) is 18.4 Å². The van der Waals surface area contributed by atoms with Crippen LogP contribution in [0.5, 0.6) is 0 Å². The van der Waals surface area contributed by atoms with Crippen LogP contribution >= 0.6 is 0 Å². The van der Waals surface area contributed by atoms with Crippen molar-refractivity contribution in [3.63, 3.8) is 0 Å². The van der Waals surface area contributed by atoms with Crippen molar-refractivity contribution in [3.8, 4) is 0 Å². The lowest BCUT2D eigenvalue weighted by atomic mass is 9.97. The summed E-state index contributed by atoms with van der Waals surface area (Å²) in [7, 11) is 0. The molecule has 0 radical (unpaired) electrons. The van der Waals surface area contributed by atoms with Crippen LogP contribution in [0.25, 0.3) is 10.4 Å². The minimum Gasteiger partial charge on any atom is -0.454 e. The number of fused-ring (bicyclic) bond motifs is 1. The molecule has 0 aliphatic carbocycles. The maximum atomic E-state index is 11.6. The number of rotatable bonds is 10. The number of nitrogens with zero attached hydrogens (tertiary/aromatic N) is 3. The molecule has 0 amide bonds. The van der Waals surface area contributed by atoms with Crippen LogP contribution in [-0.4, -0.2) is 61.5 Å². The second-order valence-electron chi connectivity index (χ2n) is 7.52. The van der Waals surface area contributed by atoms with E-state index in [9.17, 15) is 9.90 Å². The molecule has 31 heavy (non-hydrogen) atoms. The zero-order chi connectivity index (χ0) is 22.1. The molecule has 0 spiro atoms. The summed E-state index contributed by atoms with van der Waals surface area (Å²) < 4.78 is 28.8. The predicted molar refractivity (Wildman–Crippen MR) is 109 cm³/mol. The molecule has 1 N–H and O–H groups in total. The van der Waals surface area contributed by atoms with Crippen molar-refractivity contribution in [1.29, 1.82) is 0 Å². The Bertz CT molecular complexity index is 744. The van der Waals surface area contributed by atoms with Gasteiger partial charge in [0.05, 0.1) is 6.61 Å². The highest BCUT2D eigenvalue weighted by molar-refractivity contribution is 5.66. The molecule has 1 unspecified atom stereocenters. The molecule has 2 heterocycles. The maximum Gasteiger partial charge on any atom is 0.303 e. The van der Waals surface area contributed by atoms with E-state index in [1.807, 2.05) is 30.3 Å². The molecule has 1 aromatic carbocycles. The van der Waals surface area contributed by atoms with Crippen molar-refractivity contribution in [2.45, 2.75) is 69.6 Å². The Hall–Kier alpha value is -2.20. The van der Waals surface area contributed by atoms with E-state index >= 15 is 0 Å². The summed E-state index contributed by atoms with van der Waals surface area (Å²) in [6.07, 6.45) is -1.55. The lowest BCUT2D eigenvalue weighted by Crippen LogP contribution is -2.63. The van der Waals surface area contributed by atoms with E-state index in [1.54, 1.807) is 0 Å². The zero-order valence-corrected chi connectivity index (χ0v) is 17.5. The van der Waals surface area contributed by atoms with Gasteiger partial charge in [-0.15, -0.1) is 0 Å². The Balaban J connectivity index is 1.55. The van der Waals surface area contributed by atoms with Crippen LogP contribution in [-0.2, 0) is 28.5 Å². The number of benzene rings is 1. The van der Waals surface area contributed by atoms with Gasteiger partial charge >= 0.3 is 5.97 Å². The molecule has 10 nitrogen and oxygen atoms in total. The van der Waals surface area contributed by atoms with Crippen molar-refractivity contribution >= 4 is 5.97 Å². The van der Waals surface area contributed by atoms with Crippen molar-refractivity contribution in [1.82, 2.24) is 0 Å². The quantitative estimate of drug-likeness (QED) is 0.196. The smallest absolute Gasteiger partial charge is 0.303 e. The summed E-state index contributed by atoms with van der Waals surface area (Å²) in [5.41, 5.74) is 9.09. The average Bonchev–Trinajstić information content (AvgIpc) is 2.78. The molecular formula is C21H29N3O7. The van der Waals surface area contributed by atoms with E-state index in [0.717, 1.165) is 31.2 Å². The molecule has 2 fully saturated rings. The number of aliphatic hydroxyl groups excluding tert-OH is 1. The topological polar surface area (TPSA) is 132 Å². The third kappa shape index (κ3) is 6.64. The maximum absolute atomic E-state index is 11.6. The SMILES string of the molecule is CC(=O)O[C@H]1[C@H](OCCCCCCN=[N+]=[N-])O[C@@H]2COC(c3ccccc3)O[C@@H]2[C@@H]1O. The third-order valence-corrected chi connectivity index (χ3v) is 5.18. The summed E-state index contributed by atoms with van der Waals surface area (Å²) in [5, 5.41) is 14.4. The standard InChI is InChI=1S/C21H29N3O7/c1-14(25)29-19-17(26)18-16(13-28-20(31-18)15-9-5-4-6-10-15)30-21(19)27-12-8-3-2-7-11-23-24-22/h4-6,9-10,16-21,26H,2-3,7-8,11-13H2,1H3/t16-,17+,18+,19-,20?,21-/m1/s1. The number of carbonyl (C=O) groups is 1. The van der Waals surface area contributed by atoms with Crippen LogP contribution in [0.2, 0.25) is 0 Å². The average molecular weight is 435 g/mol. The molecule has 10 heteroatoms. The van der Waals surface area contributed by atoms with Gasteiger partial charge in [0.2, 0.25) is 0 Å². The Labute approximate surface area is 181 Å². The molecule has 2 aliphatic heterocycles. The van der Waals surface area contributed by atoms with Gasteiger partial charge in [-0.3, -0.25) is 4.79 Å². The number of carbonyl (C=O) groups excluding carboxylic acids is 1. The summed E-state index contributed by atoms with van der Waals surface area (Å²) in [6.45, 7) is 2.35. The number of aliphatic hydroxyl groups is 1. The molecule has 2 saturated heterocycles. The minimum atomic E-state index is -1.12. The van der Waals surface area contributed by atoms with Crippen LogP contribution in [0, 0.1) is 0 Å². The fourth-order valence-electron chi connectivity index (χ4n) is 3.68. The molecule has 0 saturated carbocycles. The van der Waals surface area contributed by atoms with Crippen molar-refractivity contribution in [2.75, 3.05) is 19.8 Å². The largest absolute Gasteiger partial charge is 0.454 e. The summed E-state index contributed by atoms with van der Waals surface area (Å²) in [4.78, 5) is 14.3. The normalized spacial score (nSPS) is 30.1. The van der Waals surface area contributed by atoms with Gasteiger partial charge in [0.25, 0.3) is 0 Å². The number of hydrogen-bond donors (Lipinski definition) is 1. The highest BCUT2D eigenvalue weighted by atomic mass is 16.8. The Morgan fingerprint density at radius 2 is 2.00 bits per heavy atom. The Morgan fingerprint density at radius 1 is 1.23 bits per heavy atom. The number of ether oxygens (including phenoxy) is 5. The molecule has 170 valence electrons. The first kappa shape index (κ1) is 23.5. The van der Waals surface area contributed by atoms with Crippen LogP contribution < -0.4 is 0 Å². The second kappa shape index (κ2) is 12.0. The van der Waals surface area contributed by atoms with Gasteiger partial charge in [-0.25, -0.2) is 0 Å². The third-order valence-electron chi connectivity index (χ3n) is 5.18. The van der Waals surface area contributed by atoms with Crippen LogP contribution in [0.3, 0.4) is 0 Å². The van der Waals surface area contributed by atoms with Gasteiger partial charge in [0.15, 0.2) is 18.7 Å². The lowest BCUT2D eigenvalue weighted by Gasteiger charge is -2.47. The Kier molecular flexibility index (Phi) is 9.08. The minimum absolute atomic E-state index is 0.216. The van der Waals surface area contributed by atoms with Crippen LogP contribution in [0.4, 0.5) is 0 Å². The van der Waals surface area contributed by atoms with Crippen LogP contribution in [0.1, 0.15) is 44.5 Å². The van der Waals surface area contributed by atoms with Crippen molar-refractivity contribution < 1.29 is 33.6 Å². The van der Waals surface area contributed by atoms with E-state index in [1.165, 1.54) is 6.92 Å². The lowest BCUT2D eigenvalue weighted by molar-refractivity contribution is -0.361. The van der Waals surface area contributed by atoms with E-state index in [2.05, 4.69) is 10.0 Å². The zero-order valence-electron chi connectivity index (χ0n) is 17.5. The monoisotopic (exact) mass is 435 g/mol. The Morgan fingerprint density at radius 3 is 2.74 bits per heavy atom. The summed E-state index contributed by atoms with van der Waals surface area (Å²) in [5.74, 6) is -0.538. The van der Waals surface area contributed by atoms with Gasteiger partial charge in [-0.2, -0.15) is 0 Å². The number of esters is 1. The first-order chi connectivity index (χ1) is 15.1. The molecular weight excluding hydrogens is 406 g/mol.